The van der Waals surface area contributed by atoms with Crippen LogP contribution >= 0.6 is 0 Å². The largest absolute Gasteiger partial charge is 0.475 e. The summed E-state index contributed by atoms with van der Waals surface area (Å²) in [6.45, 7) is 4.00. The zero-order chi connectivity index (χ0) is 19.1. The molecule has 1 aliphatic heterocycles. The Morgan fingerprint density at radius 2 is 1.96 bits per heavy atom. The minimum atomic E-state index is -0.582. The van der Waals surface area contributed by atoms with E-state index in [4.69, 9.17) is 14.2 Å². The van der Waals surface area contributed by atoms with Crippen LogP contribution in [-0.2, 0) is 19.7 Å². The molecule has 1 N–H and O–H groups in total. The Balaban J connectivity index is 1.77. The highest BCUT2D eigenvalue weighted by Gasteiger charge is 2.41. The molecule has 1 fully saturated rings. The van der Waals surface area contributed by atoms with E-state index in [1.807, 2.05) is 43.3 Å². The highest BCUT2D eigenvalue weighted by molar-refractivity contribution is 5.99. The third-order valence-corrected chi connectivity index (χ3v) is 4.92. The van der Waals surface area contributed by atoms with Crippen LogP contribution < -0.4 is 10.1 Å². The lowest BCUT2D eigenvalue weighted by atomic mass is 9.73. The minimum absolute atomic E-state index is 0.0220. The van der Waals surface area contributed by atoms with Crippen LogP contribution in [0.1, 0.15) is 24.0 Å². The second kappa shape index (κ2) is 8.97. The number of benzene rings is 1. The van der Waals surface area contributed by atoms with E-state index in [-0.39, 0.29) is 5.91 Å². The van der Waals surface area contributed by atoms with Crippen LogP contribution in [0.2, 0.25) is 0 Å². The lowest BCUT2D eigenvalue weighted by Crippen LogP contribution is -2.44. The van der Waals surface area contributed by atoms with Crippen molar-refractivity contribution in [3.8, 4) is 5.88 Å². The van der Waals surface area contributed by atoms with E-state index in [1.165, 1.54) is 0 Å². The minimum Gasteiger partial charge on any atom is -0.475 e. The Labute approximate surface area is 159 Å². The van der Waals surface area contributed by atoms with E-state index in [2.05, 4.69) is 10.3 Å². The van der Waals surface area contributed by atoms with E-state index in [1.54, 1.807) is 13.3 Å². The molecule has 6 nitrogen and oxygen atoms in total. The quantitative estimate of drug-likeness (QED) is 0.759. The number of hydrogen-bond acceptors (Lipinski definition) is 5. The van der Waals surface area contributed by atoms with Gasteiger partial charge in [-0.1, -0.05) is 30.3 Å². The molecule has 6 heteroatoms. The molecular formula is C21H26N2O4. The number of nitrogens with one attached hydrogen (secondary N) is 1. The smallest absolute Gasteiger partial charge is 0.235 e. The fraction of sp³-hybridized carbons (Fsp3) is 0.429. The Hall–Kier alpha value is -2.44. The third-order valence-electron chi connectivity index (χ3n) is 4.92. The van der Waals surface area contributed by atoms with Crippen molar-refractivity contribution in [1.29, 1.82) is 0 Å². The number of aromatic nitrogens is 1. The lowest BCUT2D eigenvalue weighted by molar-refractivity contribution is -0.125. The summed E-state index contributed by atoms with van der Waals surface area (Å²) in [4.78, 5) is 17.6. The summed E-state index contributed by atoms with van der Waals surface area (Å²) in [5, 5.41) is 3.05. The normalized spacial score (nSPS) is 15.9. The van der Waals surface area contributed by atoms with Crippen LogP contribution in [0.4, 0.5) is 5.69 Å². The first-order chi connectivity index (χ1) is 13.2. The summed E-state index contributed by atoms with van der Waals surface area (Å²) in [6.07, 6.45) is 2.95. The van der Waals surface area contributed by atoms with Gasteiger partial charge in [0.2, 0.25) is 11.8 Å². The molecule has 0 saturated carbocycles. The first kappa shape index (κ1) is 19.3. The maximum absolute atomic E-state index is 13.3. The second-order valence-electron chi connectivity index (χ2n) is 6.70. The monoisotopic (exact) mass is 370 g/mol. The molecule has 0 aliphatic carbocycles. The molecule has 1 saturated heterocycles. The van der Waals surface area contributed by atoms with Crippen LogP contribution in [0.3, 0.4) is 0 Å². The molecule has 1 amide bonds. The van der Waals surface area contributed by atoms with Crippen molar-refractivity contribution in [2.24, 2.45) is 0 Å². The van der Waals surface area contributed by atoms with E-state index in [9.17, 15) is 4.79 Å². The number of hydrogen-bond donors (Lipinski definition) is 1. The molecule has 0 bridgehead atoms. The van der Waals surface area contributed by atoms with Crippen LogP contribution in [0.5, 0.6) is 5.88 Å². The third kappa shape index (κ3) is 4.46. The number of ether oxygens (including phenoxy) is 3. The van der Waals surface area contributed by atoms with Gasteiger partial charge < -0.3 is 19.5 Å². The molecule has 0 spiro atoms. The first-order valence-electron chi connectivity index (χ1n) is 9.19. The van der Waals surface area contributed by atoms with Gasteiger partial charge in [0.1, 0.15) is 6.61 Å². The number of methoxy groups -OCH3 is 1. The van der Waals surface area contributed by atoms with E-state index in [0.717, 1.165) is 11.1 Å². The van der Waals surface area contributed by atoms with Crippen LogP contribution in [0, 0.1) is 6.92 Å². The molecule has 2 heterocycles. The van der Waals surface area contributed by atoms with Gasteiger partial charge >= 0.3 is 0 Å². The van der Waals surface area contributed by atoms with Crippen LogP contribution in [0.15, 0.2) is 42.6 Å². The topological polar surface area (TPSA) is 69.7 Å². The summed E-state index contributed by atoms with van der Waals surface area (Å²) >= 11 is 0. The van der Waals surface area contributed by atoms with Gasteiger partial charge in [0.15, 0.2) is 0 Å². The molecule has 1 aliphatic rings. The number of aryl methyl sites for hydroxylation is 1. The van der Waals surface area contributed by atoms with Gasteiger partial charge in [-0.05, 0) is 31.4 Å². The van der Waals surface area contributed by atoms with Crippen LogP contribution in [0.25, 0.3) is 0 Å². The maximum Gasteiger partial charge on any atom is 0.235 e. The van der Waals surface area contributed by atoms with Gasteiger partial charge in [-0.2, -0.15) is 0 Å². The highest BCUT2D eigenvalue weighted by Crippen LogP contribution is 2.36. The molecular weight excluding hydrogens is 344 g/mol. The van der Waals surface area contributed by atoms with Gasteiger partial charge in [-0.25, -0.2) is 4.98 Å². The van der Waals surface area contributed by atoms with Crippen LogP contribution in [-0.4, -0.2) is 44.4 Å². The average molecular weight is 370 g/mol. The Kier molecular flexibility index (Phi) is 6.42. The van der Waals surface area contributed by atoms with E-state index >= 15 is 0 Å². The van der Waals surface area contributed by atoms with Gasteiger partial charge in [0, 0.05) is 25.9 Å². The molecule has 2 aromatic rings. The van der Waals surface area contributed by atoms with Crippen molar-refractivity contribution in [3.05, 3.63) is 53.7 Å². The number of pyridine rings is 1. The van der Waals surface area contributed by atoms with Gasteiger partial charge in [-0.15, -0.1) is 0 Å². The van der Waals surface area contributed by atoms with Crippen molar-refractivity contribution >= 4 is 11.6 Å². The van der Waals surface area contributed by atoms with E-state index < -0.39 is 5.41 Å². The fourth-order valence-electron chi connectivity index (χ4n) is 3.38. The van der Waals surface area contributed by atoms with Gasteiger partial charge in [0.05, 0.1) is 23.9 Å². The zero-order valence-corrected chi connectivity index (χ0v) is 15.9. The standard InChI is InChI=1S/C21H26N2O4/c1-16-14-18(15-22-19(16)27-13-12-25-2)23-20(24)21(8-10-26-11-9-21)17-6-4-3-5-7-17/h3-7,14-15H,8-13H2,1-2H3,(H,23,24). The summed E-state index contributed by atoms with van der Waals surface area (Å²) in [7, 11) is 1.63. The zero-order valence-electron chi connectivity index (χ0n) is 15.9. The van der Waals surface area contributed by atoms with Crippen molar-refractivity contribution in [2.75, 3.05) is 38.9 Å². The molecule has 0 radical (unpaired) electrons. The van der Waals surface area contributed by atoms with Crippen molar-refractivity contribution in [1.82, 2.24) is 4.98 Å². The average Bonchev–Trinajstić information content (AvgIpc) is 2.71. The molecule has 1 aromatic heterocycles. The summed E-state index contributed by atoms with van der Waals surface area (Å²) < 4.78 is 16.1. The van der Waals surface area contributed by atoms with Gasteiger partial charge in [-0.3, -0.25) is 4.79 Å². The molecule has 144 valence electrons. The summed E-state index contributed by atoms with van der Waals surface area (Å²) in [5.41, 5.74) is 1.97. The fourth-order valence-corrected chi connectivity index (χ4v) is 3.38. The number of nitrogens with zero attached hydrogens (tertiary/aromatic N) is 1. The predicted molar refractivity (Wildman–Crippen MR) is 103 cm³/mol. The van der Waals surface area contributed by atoms with Gasteiger partial charge in [0.25, 0.3) is 0 Å². The predicted octanol–water partition coefficient (Wildman–Crippen LogP) is 3.10. The van der Waals surface area contributed by atoms with E-state index in [0.29, 0.717) is 50.8 Å². The summed E-state index contributed by atoms with van der Waals surface area (Å²) in [6, 6.07) is 11.8. The summed E-state index contributed by atoms with van der Waals surface area (Å²) in [5.74, 6) is 0.528. The highest BCUT2D eigenvalue weighted by atomic mass is 16.5. The molecule has 27 heavy (non-hydrogen) atoms. The SMILES string of the molecule is COCCOc1ncc(NC(=O)C2(c3ccccc3)CCOCC2)cc1C. The maximum atomic E-state index is 13.3. The molecule has 0 atom stereocenters. The molecule has 0 unspecified atom stereocenters. The van der Waals surface area contributed by atoms with Crippen molar-refractivity contribution < 1.29 is 19.0 Å². The number of rotatable bonds is 7. The Bertz CT molecular complexity index is 758. The Morgan fingerprint density at radius 3 is 2.63 bits per heavy atom. The number of carbonyl (C=O) groups excluding carboxylic acids is 1. The molecule has 3 rings (SSSR count). The first-order valence-corrected chi connectivity index (χ1v) is 9.19. The molecule has 1 aromatic carbocycles. The number of amides is 1. The van der Waals surface area contributed by atoms with Crippen molar-refractivity contribution in [2.45, 2.75) is 25.2 Å². The van der Waals surface area contributed by atoms with Crippen molar-refractivity contribution in [3.63, 3.8) is 0 Å². The number of carbonyl (C=O) groups is 1. The Morgan fingerprint density at radius 1 is 1.22 bits per heavy atom. The number of anilines is 1. The second-order valence-corrected chi connectivity index (χ2v) is 6.70. The lowest BCUT2D eigenvalue weighted by Gasteiger charge is -2.36.